The Bertz CT molecular complexity index is 3080. The number of thiophene rings is 1. The standard InChI is InChI=1S/C41H24N4S/c1-2-12-25(13-3-1)37-38-32(20-11-23-42-38)43-41(44-37)26-14-10-15-27(24-26)45-33-21-8-6-18-30(33)35-36-31-19-7-9-22-34(31)46-40(36)29-17-5-4-16-28(29)39(35)45/h1-24H/i1D,2D,3D,12D,13D. The monoisotopic (exact) mass is 609 g/mol. The fourth-order valence-electron chi connectivity index (χ4n) is 6.81. The molecule has 10 rings (SSSR count). The quantitative estimate of drug-likeness (QED) is 0.200. The van der Waals surface area contributed by atoms with Crippen LogP contribution in [0.5, 0.6) is 0 Å². The van der Waals surface area contributed by atoms with E-state index >= 15 is 0 Å². The number of rotatable bonds is 3. The van der Waals surface area contributed by atoms with Crippen molar-refractivity contribution < 1.29 is 6.85 Å². The number of nitrogens with zero attached hydrogens (tertiary/aromatic N) is 4. The summed E-state index contributed by atoms with van der Waals surface area (Å²) in [5, 5.41) is 7.22. The van der Waals surface area contributed by atoms with Crippen molar-refractivity contribution >= 4 is 75.1 Å². The van der Waals surface area contributed by atoms with Gasteiger partial charge in [0.05, 0.1) is 23.4 Å². The first kappa shape index (κ1) is 20.9. The summed E-state index contributed by atoms with van der Waals surface area (Å²) in [5.74, 6) is 0.357. The molecule has 0 bridgehead atoms. The van der Waals surface area contributed by atoms with Crippen molar-refractivity contribution in [3.8, 4) is 28.3 Å². The molecule has 0 aliphatic heterocycles. The number of benzene rings is 6. The Labute approximate surface area is 274 Å². The molecule has 0 saturated heterocycles. The van der Waals surface area contributed by atoms with Gasteiger partial charge in [-0.05, 0) is 36.4 Å². The van der Waals surface area contributed by atoms with Gasteiger partial charge in [0.1, 0.15) is 11.2 Å². The van der Waals surface area contributed by atoms with E-state index in [-0.39, 0.29) is 23.3 Å². The lowest BCUT2D eigenvalue weighted by molar-refractivity contribution is 1.17. The van der Waals surface area contributed by atoms with Crippen LogP contribution in [-0.2, 0) is 0 Å². The Morgan fingerprint density at radius 2 is 1.41 bits per heavy atom. The highest BCUT2D eigenvalue weighted by Gasteiger charge is 2.22. The lowest BCUT2D eigenvalue weighted by Crippen LogP contribution is -1.98. The maximum Gasteiger partial charge on any atom is 0.160 e. The number of hydrogen-bond donors (Lipinski definition) is 0. The van der Waals surface area contributed by atoms with E-state index in [0.717, 1.165) is 27.5 Å². The van der Waals surface area contributed by atoms with Gasteiger partial charge < -0.3 is 4.57 Å². The first-order chi connectivity index (χ1) is 24.9. The summed E-state index contributed by atoms with van der Waals surface area (Å²) in [5.41, 5.74) is 4.86. The minimum Gasteiger partial charge on any atom is -0.309 e. The summed E-state index contributed by atoms with van der Waals surface area (Å²) in [6, 6.07) is 35.4. The highest BCUT2D eigenvalue weighted by atomic mass is 32.1. The van der Waals surface area contributed by atoms with Crippen molar-refractivity contribution in [2.75, 3.05) is 0 Å². The molecule has 0 amide bonds. The number of pyridine rings is 1. The van der Waals surface area contributed by atoms with Crippen molar-refractivity contribution in [1.29, 1.82) is 0 Å². The molecule has 0 N–H and O–H groups in total. The molecule has 0 atom stereocenters. The molecule has 10 aromatic rings. The number of fused-ring (bicyclic) bond motifs is 11. The van der Waals surface area contributed by atoms with Gasteiger partial charge in [0.15, 0.2) is 5.82 Å². The average Bonchev–Trinajstić information content (AvgIpc) is 3.73. The smallest absolute Gasteiger partial charge is 0.160 e. The minimum atomic E-state index is -0.459. The van der Waals surface area contributed by atoms with E-state index in [2.05, 4.69) is 94.5 Å². The van der Waals surface area contributed by atoms with Crippen LogP contribution in [0.1, 0.15) is 6.85 Å². The van der Waals surface area contributed by atoms with E-state index in [1.165, 1.54) is 30.9 Å². The Kier molecular flexibility index (Phi) is 4.46. The zero-order chi connectivity index (χ0) is 34.5. The van der Waals surface area contributed by atoms with E-state index < -0.39 is 18.1 Å². The zero-order valence-electron chi connectivity index (χ0n) is 29.2. The maximum atomic E-state index is 8.70. The first-order valence-electron chi connectivity index (χ1n) is 17.5. The SMILES string of the molecule is [2H]c1c([2H])c([2H])c(-c2nc(-c3cccc(-n4c5ccccc5c5c6c7ccccc7sc6c6ccccc6c54)c3)nc3cccnc23)c([2H])c1[2H]. The van der Waals surface area contributed by atoms with Gasteiger partial charge in [0.2, 0.25) is 0 Å². The molecule has 0 saturated carbocycles. The predicted octanol–water partition coefficient (Wildman–Crippen LogP) is 11.0. The molecule has 46 heavy (non-hydrogen) atoms. The second-order valence-corrected chi connectivity index (χ2v) is 12.3. The van der Waals surface area contributed by atoms with Crippen molar-refractivity contribution in [3.05, 3.63) is 146 Å². The van der Waals surface area contributed by atoms with E-state index in [1.54, 1.807) is 18.3 Å². The molecule has 214 valence electrons. The van der Waals surface area contributed by atoms with Crippen LogP contribution < -0.4 is 0 Å². The van der Waals surface area contributed by atoms with Gasteiger partial charge in [-0.3, -0.25) is 4.98 Å². The van der Waals surface area contributed by atoms with Crippen LogP contribution in [0, 0.1) is 0 Å². The zero-order valence-corrected chi connectivity index (χ0v) is 25.0. The second kappa shape index (κ2) is 9.80. The van der Waals surface area contributed by atoms with Crippen molar-refractivity contribution in [1.82, 2.24) is 19.5 Å². The van der Waals surface area contributed by atoms with E-state index in [4.69, 9.17) is 16.8 Å². The van der Waals surface area contributed by atoms with Crippen LogP contribution in [0.2, 0.25) is 0 Å². The molecule has 0 unspecified atom stereocenters. The van der Waals surface area contributed by atoms with Crippen LogP contribution in [0.15, 0.2) is 146 Å². The predicted molar refractivity (Wildman–Crippen MR) is 193 cm³/mol. The van der Waals surface area contributed by atoms with E-state index in [1.807, 2.05) is 23.5 Å². The maximum absolute atomic E-state index is 8.70. The lowest BCUT2D eigenvalue weighted by atomic mass is 10.00. The first-order valence-corrected chi connectivity index (χ1v) is 15.8. The van der Waals surface area contributed by atoms with Crippen molar-refractivity contribution in [3.63, 3.8) is 0 Å². The summed E-state index contributed by atoms with van der Waals surface area (Å²) in [4.78, 5) is 14.3. The minimum absolute atomic E-state index is 0.00891. The molecule has 6 aromatic carbocycles. The number of hydrogen-bond acceptors (Lipinski definition) is 4. The van der Waals surface area contributed by atoms with Gasteiger partial charge in [-0.2, -0.15) is 0 Å². The fourth-order valence-corrected chi connectivity index (χ4v) is 8.06. The van der Waals surface area contributed by atoms with Crippen LogP contribution in [0.25, 0.3) is 92.1 Å². The third-order valence-corrected chi connectivity index (χ3v) is 9.91. The molecule has 0 radical (unpaired) electrons. The molecule has 0 fully saturated rings. The average molecular weight is 610 g/mol. The normalized spacial score (nSPS) is 13.4. The topological polar surface area (TPSA) is 43.6 Å². The highest BCUT2D eigenvalue weighted by molar-refractivity contribution is 7.27. The second-order valence-electron chi connectivity index (χ2n) is 11.2. The molecule has 5 heteroatoms. The Morgan fingerprint density at radius 3 is 2.30 bits per heavy atom. The van der Waals surface area contributed by atoms with Crippen LogP contribution in [0.3, 0.4) is 0 Å². The molecule has 4 nitrogen and oxygen atoms in total. The van der Waals surface area contributed by atoms with Gasteiger partial charge in [-0.1, -0.05) is 103 Å². The third-order valence-electron chi connectivity index (χ3n) is 8.70. The molecular formula is C41H24N4S. The third kappa shape index (κ3) is 3.63. The van der Waals surface area contributed by atoms with Crippen LogP contribution >= 0.6 is 11.3 Å². The summed E-state index contributed by atoms with van der Waals surface area (Å²) in [6.07, 6.45) is 1.59. The summed E-state index contributed by atoms with van der Waals surface area (Å²) in [6.45, 7) is 0. The molecule has 0 aliphatic carbocycles. The summed E-state index contributed by atoms with van der Waals surface area (Å²) >= 11 is 1.83. The van der Waals surface area contributed by atoms with Gasteiger partial charge >= 0.3 is 0 Å². The fraction of sp³-hybridized carbons (Fsp3) is 0. The van der Waals surface area contributed by atoms with Gasteiger partial charge in [-0.25, -0.2) is 9.97 Å². The highest BCUT2D eigenvalue weighted by Crippen LogP contribution is 2.48. The Morgan fingerprint density at radius 1 is 0.630 bits per heavy atom. The van der Waals surface area contributed by atoms with E-state index in [0.29, 0.717) is 22.4 Å². The van der Waals surface area contributed by atoms with Gasteiger partial charge in [0.25, 0.3) is 0 Å². The van der Waals surface area contributed by atoms with Crippen LogP contribution in [-0.4, -0.2) is 19.5 Å². The molecular weight excluding hydrogens is 581 g/mol. The van der Waals surface area contributed by atoms with Gasteiger partial charge in [-0.15, -0.1) is 11.3 Å². The Hall–Kier alpha value is -5.91. The summed E-state index contributed by atoms with van der Waals surface area (Å²) in [7, 11) is 0. The number of aromatic nitrogens is 4. The van der Waals surface area contributed by atoms with Crippen molar-refractivity contribution in [2.45, 2.75) is 0 Å². The molecule has 0 spiro atoms. The Balaban J connectivity index is 1.28. The number of para-hydroxylation sites is 1. The van der Waals surface area contributed by atoms with Crippen LogP contribution in [0.4, 0.5) is 0 Å². The molecule has 4 aromatic heterocycles. The largest absolute Gasteiger partial charge is 0.309 e. The lowest BCUT2D eigenvalue weighted by Gasteiger charge is -2.13. The van der Waals surface area contributed by atoms with Gasteiger partial charge in [0, 0.05) is 64.7 Å². The van der Waals surface area contributed by atoms with Crippen molar-refractivity contribution in [2.24, 2.45) is 0 Å². The molecule has 4 heterocycles. The van der Waals surface area contributed by atoms with E-state index in [9.17, 15) is 0 Å². The summed E-state index contributed by atoms with van der Waals surface area (Å²) < 4.78 is 47.0. The molecule has 0 aliphatic rings.